The fourth-order valence-corrected chi connectivity index (χ4v) is 2.41. The Labute approximate surface area is 127 Å². The fraction of sp³-hybridized carbons (Fsp3) is 0.188. The highest BCUT2D eigenvalue weighted by Crippen LogP contribution is 2.20. The van der Waals surface area contributed by atoms with Crippen molar-refractivity contribution in [1.82, 2.24) is 0 Å². The molecule has 104 valence electrons. The van der Waals surface area contributed by atoms with E-state index in [9.17, 15) is 4.79 Å². The van der Waals surface area contributed by atoms with Gasteiger partial charge in [0.25, 0.3) is 5.91 Å². The minimum Gasteiger partial charge on any atom is -0.380 e. The third-order valence-corrected chi connectivity index (χ3v) is 3.43. The minimum absolute atomic E-state index is 0.117. The normalized spacial score (nSPS) is 10.3. The second kappa shape index (κ2) is 6.68. The van der Waals surface area contributed by atoms with E-state index in [1.807, 2.05) is 43.3 Å². The van der Waals surface area contributed by atoms with Crippen LogP contribution in [0.25, 0.3) is 0 Å². The van der Waals surface area contributed by atoms with Gasteiger partial charge in [-0.2, -0.15) is 0 Å². The van der Waals surface area contributed by atoms with Crippen molar-refractivity contribution in [3.63, 3.8) is 0 Å². The zero-order valence-electron chi connectivity index (χ0n) is 11.4. The smallest absolute Gasteiger partial charge is 0.255 e. The van der Waals surface area contributed by atoms with E-state index < -0.39 is 0 Å². The molecule has 0 unspecified atom stereocenters. The van der Waals surface area contributed by atoms with Gasteiger partial charge in [-0.05, 0) is 48.4 Å². The lowest BCUT2D eigenvalue weighted by molar-refractivity contribution is 0.102. The summed E-state index contributed by atoms with van der Waals surface area (Å²) in [6.07, 6.45) is 0. The van der Waals surface area contributed by atoms with Gasteiger partial charge in [0.15, 0.2) is 0 Å². The second-order valence-corrected chi connectivity index (χ2v) is 5.46. The molecule has 1 amide bonds. The first-order valence-electron chi connectivity index (χ1n) is 6.25. The van der Waals surface area contributed by atoms with Gasteiger partial charge in [-0.25, -0.2) is 0 Å². The first kappa shape index (κ1) is 14.8. The number of carbonyl (C=O) groups excluding carboxylic acids is 1. The van der Waals surface area contributed by atoms with E-state index in [0.29, 0.717) is 12.2 Å². The summed E-state index contributed by atoms with van der Waals surface area (Å²) in [7, 11) is 1.64. The van der Waals surface area contributed by atoms with Crippen LogP contribution in [0.15, 0.2) is 46.9 Å². The predicted molar refractivity (Wildman–Crippen MR) is 84.0 cm³/mol. The number of carbonyl (C=O) groups is 1. The maximum Gasteiger partial charge on any atom is 0.255 e. The van der Waals surface area contributed by atoms with Crippen molar-refractivity contribution in [3.05, 3.63) is 63.6 Å². The molecule has 1 N–H and O–H groups in total. The molecule has 0 aliphatic carbocycles. The average Bonchev–Trinajstić information content (AvgIpc) is 2.42. The number of amides is 1. The molecule has 0 bridgehead atoms. The summed E-state index contributed by atoms with van der Waals surface area (Å²) in [5, 5.41) is 2.92. The van der Waals surface area contributed by atoms with Crippen molar-refractivity contribution in [1.29, 1.82) is 0 Å². The van der Waals surface area contributed by atoms with Gasteiger partial charge >= 0.3 is 0 Å². The van der Waals surface area contributed by atoms with Crippen LogP contribution in [0.3, 0.4) is 0 Å². The van der Waals surface area contributed by atoms with E-state index in [1.54, 1.807) is 13.2 Å². The van der Waals surface area contributed by atoms with Crippen LogP contribution in [0, 0.1) is 6.92 Å². The molecule has 0 saturated carbocycles. The highest BCUT2D eigenvalue weighted by Gasteiger charge is 2.08. The summed E-state index contributed by atoms with van der Waals surface area (Å²) in [6.45, 7) is 2.46. The van der Waals surface area contributed by atoms with E-state index >= 15 is 0 Å². The number of hydrogen-bond donors (Lipinski definition) is 1. The van der Waals surface area contributed by atoms with Crippen molar-refractivity contribution >= 4 is 27.5 Å². The zero-order chi connectivity index (χ0) is 14.5. The van der Waals surface area contributed by atoms with Crippen molar-refractivity contribution in [2.75, 3.05) is 12.4 Å². The number of hydrogen-bond acceptors (Lipinski definition) is 2. The summed E-state index contributed by atoms with van der Waals surface area (Å²) in [4.78, 5) is 12.2. The number of aryl methyl sites for hydroxylation is 1. The van der Waals surface area contributed by atoms with Gasteiger partial charge in [-0.1, -0.05) is 28.1 Å². The largest absolute Gasteiger partial charge is 0.380 e. The van der Waals surface area contributed by atoms with E-state index in [0.717, 1.165) is 21.3 Å². The third kappa shape index (κ3) is 3.68. The maximum atomic E-state index is 12.2. The van der Waals surface area contributed by atoms with Crippen LogP contribution in [0.5, 0.6) is 0 Å². The van der Waals surface area contributed by atoms with Gasteiger partial charge in [0, 0.05) is 22.8 Å². The molecule has 0 atom stereocenters. The molecule has 0 radical (unpaired) electrons. The number of nitrogens with one attached hydrogen (secondary N) is 1. The fourth-order valence-electron chi connectivity index (χ4n) is 1.93. The van der Waals surface area contributed by atoms with E-state index in [1.165, 1.54) is 0 Å². The number of anilines is 1. The Hall–Kier alpha value is -1.65. The van der Waals surface area contributed by atoms with Gasteiger partial charge in [-0.15, -0.1) is 0 Å². The number of methoxy groups -OCH3 is 1. The quantitative estimate of drug-likeness (QED) is 0.912. The Balaban J connectivity index is 2.17. The van der Waals surface area contributed by atoms with Crippen molar-refractivity contribution in [2.24, 2.45) is 0 Å². The third-order valence-electron chi connectivity index (χ3n) is 2.94. The Morgan fingerprint density at radius 2 is 2.05 bits per heavy atom. The first-order chi connectivity index (χ1) is 9.60. The first-order valence-corrected chi connectivity index (χ1v) is 7.05. The minimum atomic E-state index is -0.117. The van der Waals surface area contributed by atoms with Crippen molar-refractivity contribution < 1.29 is 9.53 Å². The lowest BCUT2D eigenvalue weighted by Crippen LogP contribution is -2.13. The zero-order valence-corrected chi connectivity index (χ0v) is 13.0. The monoisotopic (exact) mass is 333 g/mol. The van der Waals surface area contributed by atoms with Gasteiger partial charge in [0.1, 0.15) is 0 Å². The van der Waals surface area contributed by atoms with Gasteiger partial charge in [-0.3, -0.25) is 4.79 Å². The number of halogens is 1. The molecule has 0 aliphatic heterocycles. The van der Waals surface area contributed by atoms with Crippen molar-refractivity contribution in [3.8, 4) is 0 Å². The summed E-state index contributed by atoms with van der Waals surface area (Å²) in [5.41, 5.74) is 3.44. The standard InChI is InChI=1S/C16H16BrNO2/c1-11-8-14(17)6-7-15(11)18-16(19)13-5-3-4-12(9-13)10-20-2/h3-9H,10H2,1-2H3,(H,18,19). The van der Waals surface area contributed by atoms with Crippen LogP contribution in [0.1, 0.15) is 21.5 Å². The van der Waals surface area contributed by atoms with Crippen molar-refractivity contribution in [2.45, 2.75) is 13.5 Å². The Morgan fingerprint density at radius 3 is 2.75 bits per heavy atom. The molecule has 0 aliphatic rings. The molecule has 2 rings (SSSR count). The van der Waals surface area contributed by atoms with Crippen LogP contribution >= 0.6 is 15.9 Å². The topological polar surface area (TPSA) is 38.3 Å². The molecule has 3 nitrogen and oxygen atoms in total. The number of rotatable bonds is 4. The molecular formula is C16H16BrNO2. The van der Waals surface area contributed by atoms with Crippen LogP contribution < -0.4 is 5.32 Å². The number of benzene rings is 2. The van der Waals surface area contributed by atoms with Crippen LogP contribution in [0.2, 0.25) is 0 Å². The van der Waals surface area contributed by atoms with Crippen LogP contribution in [-0.4, -0.2) is 13.0 Å². The van der Waals surface area contributed by atoms with Gasteiger partial charge in [0.2, 0.25) is 0 Å². The van der Waals surface area contributed by atoms with E-state index in [-0.39, 0.29) is 5.91 Å². The molecule has 0 aromatic heterocycles. The molecule has 2 aromatic rings. The summed E-state index contributed by atoms with van der Waals surface area (Å²) in [6, 6.07) is 13.2. The highest BCUT2D eigenvalue weighted by atomic mass is 79.9. The van der Waals surface area contributed by atoms with Gasteiger partial charge < -0.3 is 10.1 Å². The van der Waals surface area contributed by atoms with E-state index in [2.05, 4.69) is 21.2 Å². The maximum absolute atomic E-state index is 12.2. The van der Waals surface area contributed by atoms with E-state index in [4.69, 9.17) is 4.74 Å². The molecule has 0 heterocycles. The average molecular weight is 334 g/mol. The summed E-state index contributed by atoms with van der Waals surface area (Å²) < 4.78 is 6.07. The highest BCUT2D eigenvalue weighted by molar-refractivity contribution is 9.10. The van der Waals surface area contributed by atoms with Crippen LogP contribution in [0.4, 0.5) is 5.69 Å². The number of ether oxygens (including phenoxy) is 1. The molecule has 4 heteroatoms. The molecule has 0 spiro atoms. The molecule has 0 saturated heterocycles. The predicted octanol–water partition coefficient (Wildman–Crippen LogP) is 4.16. The lowest BCUT2D eigenvalue weighted by Gasteiger charge is -2.09. The molecular weight excluding hydrogens is 318 g/mol. The van der Waals surface area contributed by atoms with Gasteiger partial charge in [0.05, 0.1) is 6.61 Å². The SMILES string of the molecule is COCc1cccc(C(=O)Nc2ccc(Br)cc2C)c1. The lowest BCUT2D eigenvalue weighted by atomic mass is 10.1. The molecule has 0 fully saturated rings. The second-order valence-electron chi connectivity index (χ2n) is 4.55. The molecule has 20 heavy (non-hydrogen) atoms. The Bertz CT molecular complexity index is 626. The summed E-state index contributed by atoms with van der Waals surface area (Å²) >= 11 is 3.41. The Morgan fingerprint density at radius 1 is 1.25 bits per heavy atom. The van der Waals surface area contributed by atoms with Crippen LogP contribution in [-0.2, 0) is 11.3 Å². The molecule has 2 aromatic carbocycles. The Kier molecular flexibility index (Phi) is 4.93. The summed E-state index contributed by atoms with van der Waals surface area (Å²) in [5.74, 6) is -0.117.